The molecule has 3 amide bonds. The van der Waals surface area contributed by atoms with Crippen LogP contribution >= 0.6 is 11.3 Å². The number of piperazine rings is 1. The third kappa shape index (κ3) is 8.55. The molecule has 1 aromatic heterocycles. The van der Waals surface area contributed by atoms with Crippen LogP contribution in [0.1, 0.15) is 8.55 Å². The fraction of sp³-hybridized carbons (Fsp3) is 0.435. The first kappa shape index (κ1) is 25.3. The number of hydrogen-bond donors (Lipinski definition) is 2. The Hall–Kier alpha value is -3.33. The van der Waals surface area contributed by atoms with Crippen LogP contribution in [0, 0.1) is 12.5 Å². The van der Waals surface area contributed by atoms with Crippen molar-refractivity contribution < 1.29 is 26.7 Å². The lowest BCUT2D eigenvalue weighted by atomic mass is 10.2. The highest BCUT2D eigenvalue weighted by atomic mass is 32.1. The first-order valence-corrected chi connectivity index (χ1v) is 11.8. The summed E-state index contributed by atoms with van der Waals surface area (Å²) >= 11 is 1.29. The van der Waals surface area contributed by atoms with Crippen molar-refractivity contribution in [2.24, 2.45) is 0 Å². The molecule has 0 radical (unpaired) electrons. The van der Waals surface area contributed by atoms with Gasteiger partial charge in [0, 0.05) is 40.1 Å². The molecule has 1 fully saturated rings. The number of ether oxygens (including phenoxy) is 3. The van der Waals surface area contributed by atoms with Crippen molar-refractivity contribution in [3.63, 3.8) is 0 Å². The van der Waals surface area contributed by atoms with Crippen LogP contribution in [-0.4, -0.2) is 86.4 Å². The van der Waals surface area contributed by atoms with Gasteiger partial charge in [0.1, 0.15) is 25.1 Å². The van der Waals surface area contributed by atoms with Crippen LogP contribution in [0.3, 0.4) is 0 Å². The van der Waals surface area contributed by atoms with Crippen LogP contribution in [-0.2, 0) is 20.7 Å². The number of nitrogens with one attached hydrogen (secondary N) is 2. The quantitative estimate of drug-likeness (QED) is 0.368. The molecule has 34 heavy (non-hydrogen) atoms. The molecule has 0 spiro atoms. The van der Waals surface area contributed by atoms with Crippen LogP contribution < -0.4 is 15.4 Å². The molecule has 2 aromatic rings. The zero-order valence-corrected chi connectivity index (χ0v) is 19.9. The zero-order valence-electron chi connectivity index (χ0n) is 19.1. The summed E-state index contributed by atoms with van der Waals surface area (Å²) in [4.78, 5) is 33.2. The molecular weight excluding hydrogens is 458 g/mol. The second-order valence-electron chi connectivity index (χ2n) is 7.54. The van der Waals surface area contributed by atoms with Crippen molar-refractivity contribution in [2.45, 2.75) is 6.42 Å². The van der Waals surface area contributed by atoms with Gasteiger partial charge in [0.15, 0.2) is 5.13 Å². The van der Waals surface area contributed by atoms with Gasteiger partial charge >= 0.3 is 6.03 Å². The summed E-state index contributed by atoms with van der Waals surface area (Å²) in [6.45, 7) is 4.75. The summed E-state index contributed by atoms with van der Waals surface area (Å²) in [6.07, 6.45) is 7.27. The fourth-order valence-corrected chi connectivity index (χ4v) is 3.85. The molecule has 0 atom stereocenters. The lowest BCUT2D eigenvalue weighted by Crippen LogP contribution is -2.47. The standard InChI is InChI=1S/C23H29N5O5S.2H2/c1-3-31-12-13-32-14-15-33-20-6-4-18(5-7-20)24-22(30)26-23-25-19(17-34-23)16-21(29)28-10-8-27(2)9-11-28;;/h1,4-7,17H,8-16H2,2H3,(H2,24,25,26,30);2*1H. The van der Waals surface area contributed by atoms with E-state index in [1.54, 1.807) is 29.6 Å². The van der Waals surface area contributed by atoms with Gasteiger partial charge in [-0.1, -0.05) is 6.42 Å². The molecule has 2 heterocycles. The number of carbonyl (C=O) groups excluding carboxylic acids is 2. The minimum Gasteiger partial charge on any atom is -0.491 e. The smallest absolute Gasteiger partial charge is 0.325 e. The largest absolute Gasteiger partial charge is 0.491 e. The average Bonchev–Trinajstić information content (AvgIpc) is 3.26. The molecule has 1 aliphatic rings. The van der Waals surface area contributed by atoms with Gasteiger partial charge in [0.25, 0.3) is 0 Å². The van der Waals surface area contributed by atoms with Gasteiger partial charge in [0.05, 0.1) is 25.3 Å². The summed E-state index contributed by atoms with van der Waals surface area (Å²) in [5.74, 6) is 0.713. The number of terminal acetylenes is 1. The molecule has 1 saturated heterocycles. The first-order valence-electron chi connectivity index (χ1n) is 10.9. The lowest BCUT2D eigenvalue weighted by molar-refractivity contribution is -0.132. The number of carbonyl (C=O) groups is 2. The van der Waals surface area contributed by atoms with E-state index in [1.807, 2.05) is 11.9 Å². The molecule has 0 bridgehead atoms. The Kier molecular flexibility index (Phi) is 9.97. The second kappa shape index (κ2) is 13.4. The van der Waals surface area contributed by atoms with Crippen LogP contribution in [0.25, 0.3) is 0 Å². The Balaban J connectivity index is 0.00000324. The number of amides is 3. The molecule has 186 valence electrons. The van der Waals surface area contributed by atoms with E-state index in [2.05, 4.69) is 26.6 Å². The summed E-state index contributed by atoms with van der Waals surface area (Å²) in [6, 6.07) is 6.56. The van der Waals surface area contributed by atoms with Crippen molar-refractivity contribution in [2.75, 3.05) is 70.3 Å². The number of rotatable bonds is 11. The predicted octanol–water partition coefficient (Wildman–Crippen LogP) is 2.60. The molecule has 0 aliphatic carbocycles. The number of aromatic nitrogens is 1. The molecule has 0 unspecified atom stereocenters. The van der Waals surface area contributed by atoms with Crippen molar-refractivity contribution in [1.29, 1.82) is 0 Å². The zero-order chi connectivity index (χ0) is 24.2. The summed E-state index contributed by atoms with van der Waals surface area (Å²) in [7, 11) is 2.05. The highest BCUT2D eigenvalue weighted by Gasteiger charge is 2.20. The number of benzene rings is 1. The number of nitrogens with zero attached hydrogens (tertiary/aromatic N) is 3. The van der Waals surface area contributed by atoms with Gasteiger partial charge in [-0.2, -0.15) is 0 Å². The van der Waals surface area contributed by atoms with Gasteiger partial charge in [-0.3, -0.25) is 10.1 Å². The average molecular weight is 492 g/mol. The van der Waals surface area contributed by atoms with E-state index in [1.165, 1.54) is 11.3 Å². The maximum atomic E-state index is 12.5. The fourth-order valence-electron chi connectivity index (χ4n) is 3.14. The Bertz CT molecular complexity index is 978. The molecule has 10 nitrogen and oxygen atoms in total. The van der Waals surface area contributed by atoms with Gasteiger partial charge in [-0.15, -0.1) is 11.3 Å². The number of likely N-dealkylation sites (N-methyl/N-ethyl adjacent to an activating group) is 1. The highest BCUT2D eigenvalue weighted by molar-refractivity contribution is 7.14. The van der Waals surface area contributed by atoms with Crippen LogP contribution in [0.15, 0.2) is 29.6 Å². The maximum Gasteiger partial charge on any atom is 0.325 e. The normalized spacial score (nSPS) is 13.7. The molecule has 3 rings (SSSR count). The van der Waals surface area contributed by atoms with Crippen LogP contribution in [0.4, 0.5) is 15.6 Å². The molecule has 0 saturated carbocycles. The third-order valence-electron chi connectivity index (χ3n) is 4.98. The van der Waals surface area contributed by atoms with E-state index in [-0.39, 0.29) is 15.2 Å². The second-order valence-corrected chi connectivity index (χ2v) is 8.39. The third-order valence-corrected chi connectivity index (χ3v) is 5.79. The summed E-state index contributed by atoms with van der Waals surface area (Å²) < 4.78 is 15.6. The Morgan fingerprint density at radius 1 is 1.12 bits per heavy atom. The van der Waals surface area contributed by atoms with E-state index >= 15 is 0 Å². The predicted molar refractivity (Wildman–Crippen MR) is 134 cm³/mol. The van der Waals surface area contributed by atoms with Crippen LogP contribution in [0.5, 0.6) is 5.75 Å². The monoisotopic (exact) mass is 491 g/mol. The Morgan fingerprint density at radius 2 is 1.85 bits per heavy atom. The van der Waals surface area contributed by atoms with E-state index in [0.717, 1.165) is 26.2 Å². The van der Waals surface area contributed by atoms with E-state index in [9.17, 15) is 9.59 Å². The maximum absolute atomic E-state index is 12.5. The molecule has 2 N–H and O–H groups in total. The van der Waals surface area contributed by atoms with E-state index in [4.69, 9.17) is 20.6 Å². The molecular formula is C23H33N5O5S. The summed E-state index contributed by atoms with van der Waals surface area (Å²) in [5, 5.41) is 7.68. The number of hydrogen-bond acceptors (Lipinski definition) is 8. The topological polar surface area (TPSA) is 105 Å². The minimum absolute atomic E-state index is 0. The van der Waals surface area contributed by atoms with Crippen LogP contribution in [0.2, 0.25) is 0 Å². The number of anilines is 2. The SMILES string of the molecule is C#COCCOCCOc1ccc(NC(=O)Nc2nc(CC(=O)N3CCN(C)CC3)cs2)cc1.[HH].[HH]. The van der Waals surface area contributed by atoms with Gasteiger partial charge < -0.3 is 29.3 Å². The van der Waals surface area contributed by atoms with Crippen molar-refractivity contribution in [1.82, 2.24) is 14.8 Å². The van der Waals surface area contributed by atoms with Crippen molar-refractivity contribution in [3.05, 3.63) is 35.3 Å². The summed E-state index contributed by atoms with van der Waals surface area (Å²) in [5.41, 5.74) is 1.26. The molecule has 11 heteroatoms. The lowest BCUT2D eigenvalue weighted by Gasteiger charge is -2.32. The van der Waals surface area contributed by atoms with Gasteiger partial charge in [-0.25, -0.2) is 9.78 Å². The van der Waals surface area contributed by atoms with Gasteiger partial charge in [0.2, 0.25) is 5.91 Å². The Morgan fingerprint density at radius 3 is 2.59 bits per heavy atom. The molecule has 1 aromatic carbocycles. The highest BCUT2D eigenvalue weighted by Crippen LogP contribution is 2.19. The van der Waals surface area contributed by atoms with Gasteiger partial charge in [-0.05, 0) is 31.3 Å². The molecule has 1 aliphatic heterocycles. The first-order chi connectivity index (χ1) is 16.5. The Labute approximate surface area is 206 Å². The van der Waals surface area contributed by atoms with Crippen molar-refractivity contribution >= 4 is 34.1 Å². The van der Waals surface area contributed by atoms with E-state index in [0.29, 0.717) is 48.7 Å². The number of thiazole rings is 1. The minimum atomic E-state index is -0.414. The van der Waals surface area contributed by atoms with E-state index < -0.39 is 6.03 Å². The van der Waals surface area contributed by atoms with Crippen molar-refractivity contribution in [3.8, 4) is 18.3 Å². The number of urea groups is 1.